The Morgan fingerprint density at radius 1 is 1.60 bits per heavy atom. The number of rotatable bonds is 5. The zero-order chi connectivity index (χ0) is 7.98. The van der Waals surface area contributed by atoms with Gasteiger partial charge in [-0.2, -0.15) is 0 Å². The lowest BCUT2D eigenvalue weighted by atomic mass is 10.4. The van der Waals surface area contributed by atoms with Gasteiger partial charge in [-0.3, -0.25) is 10.1 Å². The van der Waals surface area contributed by atoms with Crippen molar-refractivity contribution in [2.24, 2.45) is 0 Å². The molecule has 0 aromatic heterocycles. The van der Waals surface area contributed by atoms with E-state index in [1.165, 1.54) is 6.92 Å². The SMILES string of the molecule is CC(=O)COCNC(C)C. The molecule has 0 bridgehead atoms. The van der Waals surface area contributed by atoms with E-state index < -0.39 is 0 Å². The third-order valence-corrected chi connectivity index (χ3v) is 0.899. The van der Waals surface area contributed by atoms with Gasteiger partial charge in [0.2, 0.25) is 0 Å². The van der Waals surface area contributed by atoms with Crippen molar-refractivity contribution >= 4 is 5.78 Å². The third-order valence-electron chi connectivity index (χ3n) is 0.899. The lowest BCUT2D eigenvalue weighted by Crippen LogP contribution is -2.26. The van der Waals surface area contributed by atoms with Gasteiger partial charge in [0.05, 0.1) is 6.73 Å². The second-order valence-electron chi connectivity index (χ2n) is 2.55. The number of carbonyl (C=O) groups is 1. The Hall–Kier alpha value is -0.410. The van der Waals surface area contributed by atoms with Crippen LogP contribution in [0.25, 0.3) is 0 Å². The third kappa shape index (κ3) is 7.59. The van der Waals surface area contributed by atoms with Crippen molar-refractivity contribution < 1.29 is 9.53 Å². The van der Waals surface area contributed by atoms with Crippen LogP contribution in [0.3, 0.4) is 0 Å². The predicted molar refractivity (Wildman–Crippen MR) is 39.8 cm³/mol. The van der Waals surface area contributed by atoms with Crippen LogP contribution in [-0.2, 0) is 9.53 Å². The Morgan fingerprint density at radius 3 is 2.60 bits per heavy atom. The highest BCUT2D eigenvalue weighted by Gasteiger charge is 1.93. The predicted octanol–water partition coefficient (Wildman–Crippen LogP) is 0.547. The van der Waals surface area contributed by atoms with E-state index in [1.54, 1.807) is 0 Å². The van der Waals surface area contributed by atoms with E-state index in [0.717, 1.165) is 0 Å². The van der Waals surface area contributed by atoms with Crippen LogP contribution >= 0.6 is 0 Å². The molecule has 0 saturated carbocycles. The van der Waals surface area contributed by atoms with Crippen LogP contribution in [-0.4, -0.2) is 25.2 Å². The molecule has 3 heteroatoms. The van der Waals surface area contributed by atoms with Gasteiger partial charge in [0, 0.05) is 6.04 Å². The van der Waals surface area contributed by atoms with Crippen molar-refractivity contribution in [2.75, 3.05) is 13.3 Å². The summed E-state index contributed by atoms with van der Waals surface area (Å²) in [6.45, 7) is 6.22. The van der Waals surface area contributed by atoms with E-state index in [-0.39, 0.29) is 12.4 Å². The average molecular weight is 145 g/mol. The molecule has 0 fully saturated rings. The summed E-state index contributed by atoms with van der Waals surface area (Å²) in [6, 6.07) is 0.409. The molecule has 0 rings (SSSR count). The molecule has 1 N–H and O–H groups in total. The topological polar surface area (TPSA) is 38.3 Å². The first-order chi connectivity index (χ1) is 4.63. The fourth-order valence-corrected chi connectivity index (χ4v) is 0.420. The first-order valence-electron chi connectivity index (χ1n) is 3.43. The molecule has 0 spiro atoms. The van der Waals surface area contributed by atoms with Gasteiger partial charge in [-0.15, -0.1) is 0 Å². The van der Waals surface area contributed by atoms with Gasteiger partial charge in [0.15, 0.2) is 5.78 Å². The maximum absolute atomic E-state index is 10.3. The monoisotopic (exact) mass is 145 g/mol. The summed E-state index contributed by atoms with van der Waals surface area (Å²) in [5, 5.41) is 3.03. The molecule has 10 heavy (non-hydrogen) atoms. The first-order valence-corrected chi connectivity index (χ1v) is 3.43. The molecule has 0 aliphatic carbocycles. The van der Waals surface area contributed by atoms with E-state index >= 15 is 0 Å². The van der Waals surface area contributed by atoms with Crippen LogP contribution in [0.1, 0.15) is 20.8 Å². The van der Waals surface area contributed by atoms with Crippen molar-refractivity contribution in [3.8, 4) is 0 Å². The highest BCUT2D eigenvalue weighted by atomic mass is 16.5. The molecule has 0 radical (unpaired) electrons. The smallest absolute Gasteiger partial charge is 0.155 e. The fourth-order valence-electron chi connectivity index (χ4n) is 0.420. The number of nitrogens with one attached hydrogen (secondary N) is 1. The zero-order valence-corrected chi connectivity index (χ0v) is 6.81. The summed E-state index contributed by atoms with van der Waals surface area (Å²) >= 11 is 0. The van der Waals surface area contributed by atoms with Crippen molar-refractivity contribution in [3.05, 3.63) is 0 Å². The quantitative estimate of drug-likeness (QED) is 0.453. The molecule has 0 atom stereocenters. The molecule has 0 saturated heterocycles. The van der Waals surface area contributed by atoms with Gasteiger partial charge in [-0.1, -0.05) is 0 Å². The van der Waals surface area contributed by atoms with Gasteiger partial charge in [0.1, 0.15) is 6.61 Å². The molecule has 0 unspecified atom stereocenters. The van der Waals surface area contributed by atoms with Crippen LogP contribution < -0.4 is 5.32 Å². The summed E-state index contributed by atoms with van der Waals surface area (Å²) in [5.74, 6) is 0.0607. The minimum Gasteiger partial charge on any atom is -0.359 e. The maximum atomic E-state index is 10.3. The van der Waals surface area contributed by atoms with Gasteiger partial charge in [-0.05, 0) is 20.8 Å². The zero-order valence-electron chi connectivity index (χ0n) is 6.81. The second kappa shape index (κ2) is 5.38. The van der Waals surface area contributed by atoms with E-state index in [4.69, 9.17) is 4.74 Å². The van der Waals surface area contributed by atoms with Crippen LogP contribution in [0.2, 0.25) is 0 Å². The van der Waals surface area contributed by atoms with E-state index in [0.29, 0.717) is 12.8 Å². The largest absolute Gasteiger partial charge is 0.359 e. The Bertz CT molecular complexity index is 102. The summed E-state index contributed by atoms with van der Waals surface area (Å²) in [4.78, 5) is 10.3. The van der Waals surface area contributed by atoms with Crippen molar-refractivity contribution in [1.29, 1.82) is 0 Å². The van der Waals surface area contributed by atoms with Crippen molar-refractivity contribution in [3.63, 3.8) is 0 Å². The number of hydrogen-bond donors (Lipinski definition) is 1. The second-order valence-corrected chi connectivity index (χ2v) is 2.55. The Morgan fingerprint density at radius 2 is 2.20 bits per heavy atom. The van der Waals surface area contributed by atoms with Crippen LogP contribution in [0.15, 0.2) is 0 Å². The molecule has 0 amide bonds. The number of Topliss-reactive ketones (excluding diaryl/α,β-unsaturated/α-hetero) is 1. The molecular formula is C7H15NO2. The highest BCUT2D eigenvalue weighted by Crippen LogP contribution is 1.77. The number of carbonyl (C=O) groups excluding carboxylic acids is 1. The van der Waals surface area contributed by atoms with Gasteiger partial charge < -0.3 is 4.74 Å². The molecule has 0 heterocycles. The van der Waals surface area contributed by atoms with Crippen molar-refractivity contribution in [1.82, 2.24) is 5.32 Å². The minimum atomic E-state index is 0.0607. The Labute approximate surface area is 61.8 Å². The molecule has 0 aliphatic heterocycles. The Balaban J connectivity index is 2.98. The lowest BCUT2D eigenvalue weighted by molar-refractivity contribution is -0.121. The normalized spacial score (nSPS) is 10.4. The van der Waals surface area contributed by atoms with Crippen LogP contribution in [0, 0.1) is 0 Å². The number of hydrogen-bond acceptors (Lipinski definition) is 3. The summed E-state index contributed by atoms with van der Waals surface area (Å²) in [7, 11) is 0. The fraction of sp³-hybridized carbons (Fsp3) is 0.857. The minimum absolute atomic E-state index is 0.0607. The first kappa shape index (κ1) is 9.59. The van der Waals surface area contributed by atoms with E-state index in [2.05, 4.69) is 5.32 Å². The summed E-state index contributed by atoms with van der Waals surface area (Å²) < 4.78 is 4.95. The summed E-state index contributed by atoms with van der Waals surface area (Å²) in [5.41, 5.74) is 0. The average Bonchev–Trinajstić information content (AvgIpc) is 1.79. The molecule has 3 nitrogen and oxygen atoms in total. The standard InChI is InChI=1S/C7H15NO2/c1-6(2)8-5-10-4-7(3)9/h6,8H,4-5H2,1-3H3. The molecule has 60 valence electrons. The van der Waals surface area contributed by atoms with Gasteiger partial charge in [0.25, 0.3) is 0 Å². The number of ketones is 1. The summed E-state index contributed by atoms with van der Waals surface area (Å²) in [6.07, 6.45) is 0. The van der Waals surface area contributed by atoms with Crippen molar-refractivity contribution in [2.45, 2.75) is 26.8 Å². The molecule has 0 aliphatic rings. The van der Waals surface area contributed by atoms with Crippen LogP contribution in [0.4, 0.5) is 0 Å². The molecular weight excluding hydrogens is 130 g/mol. The lowest BCUT2D eigenvalue weighted by Gasteiger charge is -2.06. The molecule has 0 aromatic rings. The van der Waals surface area contributed by atoms with E-state index in [9.17, 15) is 4.79 Å². The van der Waals surface area contributed by atoms with E-state index in [1.807, 2.05) is 13.8 Å². The number of ether oxygens (including phenoxy) is 1. The van der Waals surface area contributed by atoms with Gasteiger partial charge in [-0.25, -0.2) is 0 Å². The molecule has 0 aromatic carbocycles. The van der Waals surface area contributed by atoms with Crippen LogP contribution in [0.5, 0.6) is 0 Å². The highest BCUT2D eigenvalue weighted by molar-refractivity contribution is 5.76. The Kier molecular flexibility index (Phi) is 5.16. The maximum Gasteiger partial charge on any atom is 0.155 e. The van der Waals surface area contributed by atoms with Gasteiger partial charge >= 0.3 is 0 Å².